The largest absolute Gasteiger partial charge is 0.435 e. The molecule has 0 aliphatic carbocycles. The molecular formula is C20H19F2N3O2. The van der Waals surface area contributed by atoms with Gasteiger partial charge < -0.3 is 10.1 Å². The number of amides is 1. The number of halogens is 2. The van der Waals surface area contributed by atoms with Crippen LogP contribution >= 0.6 is 0 Å². The minimum atomic E-state index is -2.88. The molecule has 5 nitrogen and oxygen atoms in total. The lowest BCUT2D eigenvalue weighted by Gasteiger charge is -2.08. The highest BCUT2D eigenvalue weighted by molar-refractivity contribution is 6.05. The first-order valence-electron chi connectivity index (χ1n) is 8.38. The van der Waals surface area contributed by atoms with Crippen molar-refractivity contribution >= 4 is 11.6 Å². The van der Waals surface area contributed by atoms with Crippen LogP contribution in [0.4, 0.5) is 14.5 Å². The molecule has 3 aromatic rings. The Balaban J connectivity index is 1.75. The van der Waals surface area contributed by atoms with Crippen molar-refractivity contribution in [2.75, 3.05) is 5.32 Å². The lowest BCUT2D eigenvalue weighted by atomic mass is 10.1. The Morgan fingerprint density at radius 3 is 2.41 bits per heavy atom. The topological polar surface area (TPSA) is 56.2 Å². The molecule has 3 rings (SSSR count). The molecule has 1 heterocycles. The number of carbonyl (C=O) groups is 1. The molecule has 0 fully saturated rings. The fraction of sp³-hybridized carbons (Fsp3) is 0.200. The first-order valence-corrected chi connectivity index (χ1v) is 8.38. The maximum atomic E-state index is 12.7. The summed E-state index contributed by atoms with van der Waals surface area (Å²) in [6.07, 6.45) is 0. The summed E-state index contributed by atoms with van der Waals surface area (Å²) in [4.78, 5) is 12.7. The third-order valence-electron chi connectivity index (χ3n) is 4.12. The maximum absolute atomic E-state index is 12.7. The normalized spacial score (nSPS) is 10.9. The quantitative estimate of drug-likeness (QED) is 0.699. The zero-order chi connectivity index (χ0) is 19.4. The summed E-state index contributed by atoms with van der Waals surface area (Å²) in [7, 11) is 0. The van der Waals surface area contributed by atoms with Crippen molar-refractivity contribution < 1.29 is 18.3 Å². The first-order chi connectivity index (χ1) is 12.9. The number of aromatic nitrogens is 2. The van der Waals surface area contributed by atoms with Crippen molar-refractivity contribution in [2.45, 2.75) is 27.0 Å². The van der Waals surface area contributed by atoms with E-state index in [9.17, 15) is 13.6 Å². The zero-order valence-electron chi connectivity index (χ0n) is 14.9. The van der Waals surface area contributed by atoms with E-state index in [0.29, 0.717) is 23.5 Å². The van der Waals surface area contributed by atoms with Gasteiger partial charge in [0.1, 0.15) is 5.75 Å². The molecule has 1 N–H and O–H groups in total. The van der Waals surface area contributed by atoms with E-state index in [4.69, 9.17) is 0 Å². The molecule has 7 heteroatoms. The van der Waals surface area contributed by atoms with Crippen molar-refractivity contribution in [2.24, 2.45) is 0 Å². The standard InChI is InChI=1S/C20H19F2N3O2/c1-13-18(14(2)25(24-13)12-15-6-4-3-5-7-15)19(26)23-16-8-10-17(11-9-16)27-20(21)22/h3-11,20H,12H2,1-2H3,(H,23,26). The number of rotatable bonds is 6. The average molecular weight is 371 g/mol. The van der Waals surface area contributed by atoms with Gasteiger partial charge in [-0.25, -0.2) is 0 Å². The van der Waals surface area contributed by atoms with Gasteiger partial charge in [0, 0.05) is 11.4 Å². The van der Waals surface area contributed by atoms with E-state index in [1.54, 1.807) is 11.6 Å². The number of alkyl halides is 2. The number of hydrogen-bond donors (Lipinski definition) is 1. The molecule has 1 amide bonds. The van der Waals surface area contributed by atoms with Gasteiger partial charge in [-0.1, -0.05) is 30.3 Å². The molecule has 0 unspecified atom stereocenters. The molecule has 2 aromatic carbocycles. The van der Waals surface area contributed by atoms with Gasteiger partial charge in [-0.2, -0.15) is 13.9 Å². The number of carbonyl (C=O) groups excluding carboxylic acids is 1. The Morgan fingerprint density at radius 2 is 1.78 bits per heavy atom. The van der Waals surface area contributed by atoms with E-state index < -0.39 is 6.61 Å². The molecule has 27 heavy (non-hydrogen) atoms. The molecule has 0 saturated carbocycles. The molecule has 0 aliphatic heterocycles. The van der Waals surface area contributed by atoms with Crippen molar-refractivity contribution in [3.05, 3.63) is 77.1 Å². The van der Waals surface area contributed by atoms with E-state index in [1.807, 2.05) is 37.3 Å². The van der Waals surface area contributed by atoms with Gasteiger partial charge >= 0.3 is 6.61 Å². The Kier molecular flexibility index (Phi) is 5.49. The van der Waals surface area contributed by atoms with Crippen molar-refractivity contribution in [1.29, 1.82) is 0 Å². The summed E-state index contributed by atoms with van der Waals surface area (Å²) in [5, 5.41) is 7.23. The van der Waals surface area contributed by atoms with Crippen LogP contribution in [-0.2, 0) is 6.54 Å². The van der Waals surface area contributed by atoms with Gasteiger partial charge in [0.2, 0.25) is 0 Å². The van der Waals surface area contributed by atoms with E-state index in [-0.39, 0.29) is 11.7 Å². The van der Waals surface area contributed by atoms with Gasteiger partial charge in [-0.3, -0.25) is 9.48 Å². The molecule has 0 bridgehead atoms. The number of anilines is 1. The molecule has 140 valence electrons. The van der Waals surface area contributed by atoms with Crippen LogP contribution in [0.3, 0.4) is 0 Å². The second-order valence-corrected chi connectivity index (χ2v) is 6.05. The summed E-state index contributed by atoms with van der Waals surface area (Å²) in [5.74, 6) is -0.266. The Labute approximate surface area is 155 Å². The first kappa shape index (κ1) is 18.6. The third-order valence-corrected chi connectivity index (χ3v) is 4.12. The minimum absolute atomic E-state index is 0.0334. The van der Waals surface area contributed by atoms with E-state index >= 15 is 0 Å². The number of benzene rings is 2. The van der Waals surface area contributed by atoms with Gasteiger partial charge in [0.05, 0.1) is 17.8 Å². The number of nitrogens with zero attached hydrogens (tertiary/aromatic N) is 2. The third kappa shape index (κ3) is 4.49. The molecule has 1 aromatic heterocycles. The van der Waals surface area contributed by atoms with Crippen LogP contribution in [-0.4, -0.2) is 22.3 Å². The van der Waals surface area contributed by atoms with E-state index in [0.717, 1.165) is 11.3 Å². The Hall–Kier alpha value is -3.22. The van der Waals surface area contributed by atoms with Crippen LogP contribution < -0.4 is 10.1 Å². The predicted octanol–water partition coefficient (Wildman–Crippen LogP) is 4.40. The molecule has 0 atom stereocenters. The lowest BCUT2D eigenvalue weighted by molar-refractivity contribution is -0.0498. The highest BCUT2D eigenvalue weighted by atomic mass is 19.3. The molecular weight excluding hydrogens is 352 g/mol. The molecule has 0 saturated heterocycles. The number of aryl methyl sites for hydroxylation is 1. The highest BCUT2D eigenvalue weighted by Gasteiger charge is 2.19. The monoisotopic (exact) mass is 371 g/mol. The fourth-order valence-corrected chi connectivity index (χ4v) is 2.85. The maximum Gasteiger partial charge on any atom is 0.387 e. The van der Waals surface area contributed by atoms with Crippen LogP contribution in [0.5, 0.6) is 5.75 Å². The number of hydrogen-bond acceptors (Lipinski definition) is 3. The van der Waals surface area contributed by atoms with Gasteiger partial charge in [0.15, 0.2) is 0 Å². The second-order valence-electron chi connectivity index (χ2n) is 6.05. The van der Waals surface area contributed by atoms with Gasteiger partial charge in [0.25, 0.3) is 5.91 Å². The fourth-order valence-electron chi connectivity index (χ4n) is 2.85. The zero-order valence-corrected chi connectivity index (χ0v) is 14.9. The smallest absolute Gasteiger partial charge is 0.387 e. The summed E-state index contributed by atoms with van der Waals surface area (Å²) >= 11 is 0. The van der Waals surface area contributed by atoms with Crippen molar-refractivity contribution in [1.82, 2.24) is 9.78 Å². The van der Waals surface area contributed by atoms with Crippen molar-refractivity contribution in [3.8, 4) is 5.75 Å². The average Bonchev–Trinajstić information content (AvgIpc) is 2.90. The van der Waals surface area contributed by atoms with Crippen LogP contribution in [0.15, 0.2) is 54.6 Å². The van der Waals surface area contributed by atoms with Crippen LogP contribution in [0.2, 0.25) is 0 Å². The SMILES string of the molecule is Cc1nn(Cc2ccccc2)c(C)c1C(=O)Nc1ccc(OC(F)F)cc1. The highest BCUT2D eigenvalue weighted by Crippen LogP contribution is 2.20. The minimum Gasteiger partial charge on any atom is -0.435 e. The molecule has 0 aliphatic rings. The van der Waals surface area contributed by atoms with E-state index in [1.165, 1.54) is 24.3 Å². The second kappa shape index (κ2) is 7.99. The lowest BCUT2D eigenvalue weighted by Crippen LogP contribution is -2.14. The van der Waals surface area contributed by atoms with Crippen molar-refractivity contribution in [3.63, 3.8) is 0 Å². The molecule has 0 radical (unpaired) electrons. The number of nitrogens with one attached hydrogen (secondary N) is 1. The number of ether oxygens (including phenoxy) is 1. The van der Waals surface area contributed by atoms with Crippen LogP contribution in [0.1, 0.15) is 27.3 Å². The summed E-state index contributed by atoms with van der Waals surface area (Å²) in [5.41, 5.74) is 3.45. The van der Waals surface area contributed by atoms with Crippen LogP contribution in [0, 0.1) is 13.8 Å². The van der Waals surface area contributed by atoms with Crippen LogP contribution in [0.25, 0.3) is 0 Å². The Morgan fingerprint density at radius 1 is 1.11 bits per heavy atom. The van der Waals surface area contributed by atoms with Gasteiger partial charge in [-0.05, 0) is 43.7 Å². The Bertz CT molecular complexity index is 922. The molecule has 0 spiro atoms. The summed E-state index contributed by atoms with van der Waals surface area (Å²) in [6, 6.07) is 15.6. The predicted molar refractivity (Wildman–Crippen MR) is 98.3 cm³/mol. The summed E-state index contributed by atoms with van der Waals surface area (Å²) < 4.78 is 30.5. The van der Waals surface area contributed by atoms with E-state index in [2.05, 4.69) is 15.2 Å². The summed E-state index contributed by atoms with van der Waals surface area (Å²) in [6.45, 7) is 1.31. The van der Waals surface area contributed by atoms with Gasteiger partial charge in [-0.15, -0.1) is 0 Å².